The molecule has 1 nitrogen and oxygen atoms in total. The summed E-state index contributed by atoms with van der Waals surface area (Å²) in [6, 6.07) is 14.8. The predicted molar refractivity (Wildman–Crippen MR) is 91.1 cm³/mol. The summed E-state index contributed by atoms with van der Waals surface area (Å²) < 4.78 is 1.24. The van der Waals surface area contributed by atoms with Gasteiger partial charge in [-0.05, 0) is 55.0 Å². The number of fused-ring (bicyclic) bond motifs is 1. The fraction of sp³-hybridized carbons (Fsp3) is 0.263. The highest BCUT2D eigenvalue weighted by Gasteiger charge is 2.15. The number of aliphatic hydroxyl groups is 1. The molecule has 3 aromatic rings. The van der Waals surface area contributed by atoms with E-state index >= 15 is 0 Å². The van der Waals surface area contributed by atoms with Gasteiger partial charge < -0.3 is 5.11 Å². The second-order valence-electron chi connectivity index (χ2n) is 5.78. The van der Waals surface area contributed by atoms with Crippen LogP contribution in [0.4, 0.5) is 0 Å². The first kappa shape index (κ1) is 14.3. The van der Waals surface area contributed by atoms with E-state index in [2.05, 4.69) is 51.1 Å². The minimum absolute atomic E-state index is 0.428. The number of aryl methyl sites for hydroxylation is 3. The molecule has 0 bridgehead atoms. The summed E-state index contributed by atoms with van der Waals surface area (Å²) in [4.78, 5) is 1.05. The Bertz CT molecular complexity index is 729. The lowest BCUT2D eigenvalue weighted by atomic mass is 9.95. The molecule has 0 saturated carbocycles. The number of benzene rings is 2. The summed E-state index contributed by atoms with van der Waals surface area (Å²) in [5.74, 6) is 0. The van der Waals surface area contributed by atoms with Gasteiger partial charge in [-0.25, -0.2) is 0 Å². The zero-order chi connectivity index (χ0) is 15.0. The summed E-state index contributed by atoms with van der Waals surface area (Å²) in [6.07, 6.45) is 0.257. The quantitative estimate of drug-likeness (QED) is 0.712. The van der Waals surface area contributed by atoms with Gasteiger partial charge in [0.25, 0.3) is 0 Å². The van der Waals surface area contributed by atoms with Crippen LogP contribution in [0.25, 0.3) is 10.1 Å². The normalized spacial score (nSPS) is 12.8. The zero-order valence-electron chi connectivity index (χ0n) is 12.7. The number of thiophene rings is 1. The molecule has 0 aliphatic heterocycles. The van der Waals surface area contributed by atoms with Crippen molar-refractivity contribution in [3.05, 3.63) is 69.6 Å². The highest BCUT2D eigenvalue weighted by atomic mass is 32.1. The van der Waals surface area contributed by atoms with Crippen molar-refractivity contribution in [2.75, 3.05) is 0 Å². The van der Waals surface area contributed by atoms with Crippen LogP contribution in [-0.4, -0.2) is 5.11 Å². The van der Waals surface area contributed by atoms with Crippen molar-refractivity contribution in [2.45, 2.75) is 33.3 Å². The van der Waals surface area contributed by atoms with Crippen molar-refractivity contribution in [1.29, 1.82) is 0 Å². The van der Waals surface area contributed by atoms with Crippen LogP contribution >= 0.6 is 11.3 Å². The summed E-state index contributed by atoms with van der Waals surface area (Å²) >= 11 is 1.69. The van der Waals surface area contributed by atoms with Crippen LogP contribution < -0.4 is 0 Å². The topological polar surface area (TPSA) is 20.2 Å². The van der Waals surface area contributed by atoms with E-state index in [1.54, 1.807) is 11.3 Å². The van der Waals surface area contributed by atoms with Crippen molar-refractivity contribution < 1.29 is 5.11 Å². The Morgan fingerprint density at radius 1 is 1.00 bits per heavy atom. The van der Waals surface area contributed by atoms with Crippen LogP contribution in [-0.2, 0) is 6.42 Å². The first-order valence-corrected chi connectivity index (χ1v) is 8.09. The molecule has 108 valence electrons. The smallest absolute Gasteiger partial charge is 0.0922 e. The minimum Gasteiger partial charge on any atom is -0.387 e. The third kappa shape index (κ3) is 2.87. The van der Waals surface area contributed by atoms with Crippen molar-refractivity contribution in [3.8, 4) is 0 Å². The summed E-state index contributed by atoms with van der Waals surface area (Å²) in [6.45, 7) is 6.38. The maximum Gasteiger partial charge on any atom is 0.0922 e. The molecule has 0 fully saturated rings. The van der Waals surface area contributed by atoms with Crippen LogP contribution in [0.5, 0.6) is 0 Å². The van der Waals surface area contributed by atoms with Crippen molar-refractivity contribution in [1.82, 2.24) is 0 Å². The Hall–Kier alpha value is -1.64. The molecule has 0 spiro atoms. The van der Waals surface area contributed by atoms with Gasteiger partial charge >= 0.3 is 0 Å². The van der Waals surface area contributed by atoms with Gasteiger partial charge in [-0.15, -0.1) is 11.3 Å². The fourth-order valence-electron chi connectivity index (χ4n) is 2.99. The Morgan fingerprint density at radius 2 is 1.67 bits per heavy atom. The molecular formula is C19H20OS. The standard InChI is InChI=1S/C19H20OS/c1-12-8-13(2)16(14(3)9-12)11-17(20)19-10-15-6-4-5-7-18(15)21-19/h4-10,17,20H,11H2,1-3H3. The monoisotopic (exact) mass is 296 g/mol. The minimum atomic E-state index is -0.428. The molecule has 1 aromatic heterocycles. The molecule has 1 N–H and O–H groups in total. The third-order valence-electron chi connectivity index (χ3n) is 4.01. The van der Waals surface area contributed by atoms with Crippen molar-refractivity contribution in [3.63, 3.8) is 0 Å². The lowest BCUT2D eigenvalue weighted by Crippen LogP contribution is -2.03. The first-order chi connectivity index (χ1) is 10.0. The second-order valence-corrected chi connectivity index (χ2v) is 6.90. The van der Waals surface area contributed by atoms with E-state index in [-0.39, 0.29) is 0 Å². The van der Waals surface area contributed by atoms with Gasteiger partial charge in [0.15, 0.2) is 0 Å². The van der Waals surface area contributed by atoms with E-state index in [0.717, 1.165) is 4.88 Å². The van der Waals surface area contributed by atoms with Crippen LogP contribution in [0, 0.1) is 20.8 Å². The van der Waals surface area contributed by atoms with Crippen LogP contribution in [0.1, 0.15) is 33.2 Å². The molecule has 1 heterocycles. The molecule has 1 unspecified atom stereocenters. The number of hydrogen-bond acceptors (Lipinski definition) is 2. The molecule has 0 saturated heterocycles. The lowest BCUT2D eigenvalue weighted by molar-refractivity contribution is 0.182. The Kier molecular flexibility index (Phi) is 3.83. The molecular weight excluding hydrogens is 276 g/mol. The van der Waals surface area contributed by atoms with Crippen LogP contribution in [0.15, 0.2) is 42.5 Å². The van der Waals surface area contributed by atoms with E-state index in [1.807, 2.05) is 12.1 Å². The van der Waals surface area contributed by atoms with Gasteiger partial charge in [0, 0.05) is 16.0 Å². The molecule has 0 aliphatic rings. The van der Waals surface area contributed by atoms with E-state index in [4.69, 9.17) is 0 Å². The van der Waals surface area contributed by atoms with E-state index < -0.39 is 6.10 Å². The van der Waals surface area contributed by atoms with Crippen LogP contribution in [0.2, 0.25) is 0 Å². The van der Waals surface area contributed by atoms with E-state index in [1.165, 1.54) is 32.3 Å². The van der Waals surface area contributed by atoms with Gasteiger partial charge in [0.05, 0.1) is 6.10 Å². The van der Waals surface area contributed by atoms with Crippen molar-refractivity contribution in [2.24, 2.45) is 0 Å². The van der Waals surface area contributed by atoms with Gasteiger partial charge in [-0.2, -0.15) is 0 Å². The largest absolute Gasteiger partial charge is 0.387 e. The molecule has 1 atom stereocenters. The molecule has 2 heteroatoms. The maximum atomic E-state index is 10.6. The second kappa shape index (κ2) is 5.63. The summed E-state index contributed by atoms with van der Waals surface area (Å²) in [7, 11) is 0. The fourth-order valence-corrected chi connectivity index (χ4v) is 4.04. The highest BCUT2D eigenvalue weighted by molar-refractivity contribution is 7.19. The SMILES string of the molecule is Cc1cc(C)c(CC(O)c2cc3ccccc3s2)c(C)c1. The molecule has 0 aliphatic carbocycles. The Morgan fingerprint density at radius 3 is 2.33 bits per heavy atom. The summed E-state index contributed by atoms with van der Waals surface area (Å²) in [5.41, 5.74) is 5.09. The molecule has 0 amide bonds. The average molecular weight is 296 g/mol. The van der Waals surface area contributed by atoms with Crippen LogP contribution in [0.3, 0.4) is 0 Å². The molecule has 0 radical (unpaired) electrons. The molecule has 2 aromatic carbocycles. The molecule has 21 heavy (non-hydrogen) atoms. The lowest BCUT2D eigenvalue weighted by Gasteiger charge is -2.14. The Labute approximate surface area is 129 Å². The average Bonchev–Trinajstić information content (AvgIpc) is 2.86. The number of aliphatic hydroxyl groups excluding tert-OH is 1. The van der Waals surface area contributed by atoms with Gasteiger partial charge in [-0.1, -0.05) is 35.9 Å². The zero-order valence-corrected chi connectivity index (χ0v) is 13.5. The van der Waals surface area contributed by atoms with Gasteiger partial charge in [-0.3, -0.25) is 0 Å². The van der Waals surface area contributed by atoms with Gasteiger partial charge in [0.1, 0.15) is 0 Å². The van der Waals surface area contributed by atoms with Gasteiger partial charge in [0.2, 0.25) is 0 Å². The van der Waals surface area contributed by atoms with E-state index in [0.29, 0.717) is 6.42 Å². The molecule has 3 rings (SSSR count). The van der Waals surface area contributed by atoms with E-state index in [9.17, 15) is 5.11 Å². The maximum absolute atomic E-state index is 10.6. The number of rotatable bonds is 3. The summed E-state index contributed by atoms with van der Waals surface area (Å²) in [5, 5.41) is 11.8. The van der Waals surface area contributed by atoms with Crippen molar-refractivity contribution >= 4 is 21.4 Å². The highest BCUT2D eigenvalue weighted by Crippen LogP contribution is 2.32. The Balaban J connectivity index is 1.91. The third-order valence-corrected chi connectivity index (χ3v) is 5.23. The first-order valence-electron chi connectivity index (χ1n) is 7.28. The number of hydrogen-bond donors (Lipinski definition) is 1. The predicted octanol–water partition coefficient (Wildman–Crippen LogP) is 5.10.